The van der Waals surface area contributed by atoms with Crippen LogP contribution >= 0.6 is 11.3 Å². The molecule has 30 heavy (non-hydrogen) atoms. The van der Waals surface area contributed by atoms with Crippen molar-refractivity contribution < 1.29 is 9.53 Å². The fourth-order valence-electron chi connectivity index (χ4n) is 4.17. The lowest BCUT2D eigenvalue weighted by Crippen LogP contribution is -2.51. The first-order valence-corrected chi connectivity index (χ1v) is 11.4. The van der Waals surface area contributed by atoms with E-state index in [0.29, 0.717) is 17.6 Å². The quantitative estimate of drug-likeness (QED) is 0.759. The third-order valence-corrected chi connectivity index (χ3v) is 6.83. The number of piperazine rings is 1. The number of urea groups is 1. The summed E-state index contributed by atoms with van der Waals surface area (Å²) in [7, 11) is 1.66. The van der Waals surface area contributed by atoms with Crippen LogP contribution in [0.4, 0.5) is 9.93 Å². The maximum atomic E-state index is 12.7. The Morgan fingerprint density at radius 1 is 1.23 bits per heavy atom. The second-order valence-corrected chi connectivity index (χ2v) is 8.88. The van der Waals surface area contributed by atoms with E-state index in [9.17, 15) is 4.79 Å². The molecule has 0 bridgehead atoms. The molecule has 1 aromatic heterocycles. The second kappa shape index (κ2) is 9.72. The number of nitrogens with zero attached hydrogens (tertiary/aromatic N) is 5. The average molecular weight is 431 g/mol. The number of hydrogen-bond acceptors (Lipinski definition) is 7. The van der Waals surface area contributed by atoms with Crippen molar-refractivity contribution in [1.29, 1.82) is 0 Å². The average Bonchev–Trinajstić information content (AvgIpc) is 3.44. The van der Waals surface area contributed by atoms with E-state index in [0.717, 1.165) is 68.6 Å². The number of aromatic nitrogens is 2. The van der Waals surface area contributed by atoms with Crippen LogP contribution in [0.2, 0.25) is 0 Å². The highest BCUT2D eigenvalue weighted by Crippen LogP contribution is 2.23. The van der Waals surface area contributed by atoms with Crippen LogP contribution in [-0.4, -0.2) is 89.9 Å². The zero-order valence-electron chi connectivity index (χ0n) is 17.7. The number of carbonyl (C=O) groups excluding carboxylic acids is 1. The van der Waals surface area contributed by atoms with Crippen LogP contribution in [0.5, 0.6) is 5.75 Å². The van der Waals surface area contributed by atoms with E-state index in [1.165, 1.54) is 11.3 Å². The fourth-order valence-corrected chi connectivity index (χ4v) is 4.94. The number of likely N-dealkylation sites (N-methyl/N-ethyl adjacent to an activating group) is 1. The van der Waals surface area contributed by atoms with Crippen molar-refractivity contribution in [2.75, 3.05) is 58.2 Å². The lowest BCUT2D eigenvalue weighted by Gasteiger charge is -2.37. The predicted octanol–water partition coefficient (Wildman–Crippen LogP) is 2.38. The molecule has 2 aliphatic heterocycles. The number of rotatable bonds is 6. The van der Waals surface area contributed by atoms with Crippen LogP contribution in [0.3, 0.4) is 0 Å². The maximum absolute atomic E-state index is 12.7. The zero-order chi connectivity index (χ0) is 20.9. The Kier molecular flexibility index (Phi) is 6.81. The topological polar surface area (TPSA) is 73.8 Å². The molecule has 0 unspecified atom stereocenters. The molecule has 0 spiro atoms. The normalized spacial score (nSPS) is 20.5. The molecule has 9 heteroatoms. The minimum Gasteiger partial charge on any atom is -0.497 e. The van der Waals surface area contributed by atoms with Crippen LogP contribution < -0.4 is 10.1 Å². The van der Waals surface area contributed by atoms with Gasteiger partial charge in [-0.1, -0.05) is 30.4 Å². The van der Waals surface area contributed by atoms with E-state index in [1.54, 1.807) is 7.11 Å². The van der Waals surface area contributed by atoms with E-state index in [4.69, 9.17) is 4.74 Å². The number of methoxy groups -OCH3 is 1. The smallest absolute Gasteiger partial charge is 0.323 e. The lowest BCUT2D eigenvalue weighted by molar-refractivity contribution is 0.103. The maximum Gasteiger partial charge on any atom is 0.323 e. The van der Waals surface area contributed by atoms with Crippen LogP contribution in [0.15, 0.2) is 24.3 Å². The fraction of sp³-hybridized carbons (Fsp3) is 0.571. The summed E-state index contributed by atoms with van der Waals surface area (Å²) < 4.78 is 5.27. The first kappa shape index (κ1) is 21.0. The van der Waals surface area contributed by atoms with Crippen molar-refractivity contribution in [1.82, 2.24) is 24.9 Å². The summed E-state index contributed by atoms with van der Waals surface area (Å²) in [6.45, 7) is 9.35. The molecule has 0 saturated carbocycles. The van der Waals surface area contributed by atoms with Crippen LogP contribution in [-0.2, 0) is 6.42 Å². The van der Waals surface area contributed by atoms with E-state index < -0.39 is 0 Å². The van der Waals surface area contributed by atoms with Crippen molar-refractivity contribution in [2.24, 2.45) is 0 Å². The second-order valence-electron chi connectivity index (χ2n) is 7.82. The highest BCUT2D eigenvalue weighted by molar-refractivity contribution is 7.15. The first-order chi connectivity index (χ1) is 14.6. The molecule has 1 N–H and O–H groups in total. The Balaban J connectivity index is 1.27. The van der Waals surface area contributed by atoms with Crippen molar-refractivity contribution in [3.8, 4) is 5.75 Å². The van der Waals surface area contributed by atoms with Gasteiger partial charge in [0, 0.05) is 51.7 Å². The Morgan fingerprint density at radius 2 is 2.07 bits per heavy atom. The Bertz CT molecular complexity index is 852. The number of amides is 2. The number of anilines is 1. The molecule has 1 aromatic carbocycles. The number of nitrogens with one attached hydrogen (secondary N) is 1. The van der Waals surface area contributed by atoms with Crippen molar-refractivity contribution in [3.05, 3.63) is 34.8 Å². The van der Waals surface area contributed by atoms with Gasteiger partial charge in [-0.3, -0.25) is 10.2 Å². The molecule has 4 rings (SSSR count). The summed E-state index contributed by atoms with van der Waals surface area (Å²) in [5, 5.41) is 12.7. The molecule has 0 radical (unpaired) electrons. The van der Waals surface area contributed by atoms with E-state index >= 15 is 0 Å². The standard InChI is InChI=1S/C21H30N6O2S/c1-3-25-9-11-26(12-10-25)17-7-8-27(15-17)21(28)22-20-24-23-19(30-20)14-16-5-4-6-18(13-16)29-2/h4-6,13,17H,3,7-12,14-15H2,1-2H3,(H,22,24,28)/t17-/m1/s1. The summed E-state index contributed by atoms with van der Waals surface area (Å²) in [6, 6.07) is 8.30. The monoisotopic (exact) mass is 430 g/mol. The molecular formula is C21H30N6O2S. The molecule has 2 fully saturated rings. The van der Waals surface area contributed by atoms with Gasteiger partial charge in [0.25, 0.3) is 0 Å². The minimum atomic E-state index is -0.0752. The largest absolute Gasteiger partial charge is 0.497 e. The van der Waals surface area contributed by atoms with Crippen LogP contribution in [0.25, 0.3) is 0 Å². The number of benzene rings is 1. The summed E-state index contributed by atoms with van der Waals surface area (Å²) in [4.78, 5) is 19.6. The van der Waals surface area contributed by atoms with E-state index in [1.807, 2.05) is 29.2 Å². The Morgan fingerprint density at radius 3 is 2.83 bits per heavy atom. The summed E-state index contributed by atoms with van der Waals surface area (Å²) in [5.41, 5.74) is 1.11. The van der Waals surface area contributed by atoms with E-state index in [-0.39, 0.29) is 6.03 Å². The van der Waals surface area contributed by atoms with Gasteiger partial charge >= 0.3 is 6.03 Å². The summed E-state index contributed by atoms with van der Waals surface area (Å²) >= 11 is 1.42. The molecular weight excluding hydrogens is 400 g/mol. The molecule has 3 heterocycles. The third-order valence-electron chi connectivity index (χ3n) is 5.99. The van der Waals surface area contributed by atoms with E-state index in [2.05, 4.69) is 32.2 Å². The van der Waals surface area contributed by atoms with Gasteiger partial charge in [0.15, 0.2) is 0 Å². The van der Waals surface area contributed by atoms with Gasteiger partial charge in [0.05, 0.1) is 7.11 Å². The van der Waals surface area contributed by atoms with Gasteiger partial charge in [-0.25, -0.2) is 4.79 Å². The first-order valence-electron chi connectivity index (χ1n) is 10.6. The summed E-state index contributed by atoms with van der Waals surface area (Å²) in [6.07, 6.45) is 1.71. The van der Waals surface area contributed by atoms with Crippen molar-refractivity contribution in [3.63, 3.8) is 0 Å². The van der Waals surface area contributed by atoms with Gasteiger partial charge in [0.1, 0.15) is 10.8 Å². The number of carbonyl (C=O) groups is 1. The molecule has 2 amide bonds. The predicted molar refractivity (Wildman–Crippen MR) is 118 cm³/mol. The lowest BCUT2D eigenvalue weighted by atomic mass is 10.1. The molecule has 1 atom stereocenters. The number of ether oxygens (including phenoxy) is 1. The number of likely N-dealkylation sites (tertiary alicyclic amines) is 1. The van der Waals surface area contributed by atoms with Crippen molar-refractivity contribution in [2.45, 2.75) is 25.8 Å². The highest BCUT2D eigenvalue weighted by atomic mass is 32.1. The SMILES string of the molecule is CCN1CCN([C@@H]2CCN(C(=O)Nc3nnc(Cc4cccc(OC)c4)s3)C2)CC1. The Hall–Kier alpha value is -2.23. The zero-order valence-corrected chi connectivity index (χ0v) is 18.5. The molecule has 8 nitrogen and oxygen atoms in total. The minimum absolute atomic E-state index is 0.0752. The molecule has 162 valence electrons. The van der Waals surface area contributed by atoms with Gasteiger partial charge in [-0.05, 0) is 30.7 Å². The highest BCUT2D eigenvalue weighted by Gasteiger charge is 2.32. The molecule has 0 aliphatic carbocycles. The van der Waals surface area contributed by atoms with Gasteiger partial charge in [-0.2, -0.15) is 0 Å². The molecule has 2 saturated heterocycles. The van der Waals surface area contributed by atoms with Crippen LogP contribution in [0.1, 0.15) is 23.9 Å². The van der Waals surface area contributed by atoms with Gasteiger partial charge in [-0.15, -0.1) is 10.2 Å². The van der Waals surface area contributed by atoms with Gasteiger partial charge < -0.3 is 14.5 Å². The Labute approximate surface area is 181 Å². The summed E-state index contributed by atoms with van der Waals surface area (Å²) in [5.74, 6) is 0.824. The van der Waals surface area contributed by atoms with Crippen molar-refractivity contribution >= 4 is 22.5 Å². The molecule has 2 aromatic rings. The van der Waals surface area contributed by atoms with Crippen LogP contribution in [0, 0.1) is 0 Å². The van der Waals surface area contributed by atoms with Gasteiger partial charge in [0.2, 0.25) is 5.13 Å². The number of hydrogen-bond donors (Lipinski definition) is 1. The third kappa shape index (κ3) is 5.08. The molecule has 2 aliphatic rings.